The van der Waals surface area contributed by atoms with Crippen LogP contribution in [0.15, 0.2) is 10.5 Å². The molecule has 0 amide bonds. The Labute approximate surface area is 118 Å². The maximum absolute atomic E-state index is 6.51. The van der Waals surface area contributed by atoms with Gasteiger partial charge in [0, 0.05) is 23.0 Å². The van der Waals surface area contributed by atoms with Gasteiger partial charge in [0.05, 0.1) is 6.10 Å². The molecule has 1 aromatic rings. The summed E-state index contributed by atoms with van der Waals surface area (Å²) in [6.45, 7) is 9.40. The number of hydrogen-bond donors (Lipinski definition) is 1. The third-order valence-corrected chi connectivity index (χ3v) is 5.39. The van der Waals surface area contributed by atoms with Gasteiger partial charge in [0.15, 0.2) is 0 Å². The van der Waals surface area contributed by atoms with Gasteiger partial charge < -0.3 is 10.5 Å². The van der Waals surface area contributed by atoms with Crippen molar-refractivity contribution in [2.24, 2.45) is 11.7 Å². The molecule has 18 heavy (non-hydrogen) atoms. The minimum atomic E-state index is 0.0689. The van der Waals surface area contributed by atoms with Crippen LogP contribution in [0.5, 0.6) is 0 Å². The fourth-order valence-corrected chi connectivity index (χ4v) is 3.45. The Bertz CT molecular complexity index is 458. The van der Waals surface area contributed by atoms with E-state index >= 15 is 0 Å². The van der Waals surface area contributed by atoms with E-state index < -0.39 is 0 Å². The van der Waals surface area contributed by atoms with Crippen LogP contribution in [0.2, 0.25) is 0 Å². The Balaban J connectivity index is 2.41. The molecule has 0 aliphatic carbocycles. The van der Waals surface area contributed by atoms with Crippen LogP contribution >= 0.6 is 15.9 Å². The number of nitrogens with two attached hydrogens (primary N) is 1. The lowest BCUT2D eigenvalue weighted by atomic mass is 9.84. The van der Waals surface area contributed by atoms with Crippen molar-refractivity contribution in [3.8, 4) is 0 Å². The molecule has 2 rings (SSSR count). The van der Waals surface area contributed by atoms with Crippen LogP contribution in [-0.2, 0) is 4.74 Å². The van der Waals surface area contributed by atoms with Crippen LogP contribution < -0.4 is 5.73 Å². The molecule has 2 nitrogen and oxygen atoms in total. The van der Waals surface area contributed by atoms with Crippen LogP contribution in [0.1, 0.15) is 41.6 Å². The second-order valence-corrected chi connectivity index (χ2v) is 6.21. The molecule has 0 radical (unpaired) electrons. The Kier molecular flexibility index (Phi) is 4.15. The summed E-state index contributed by atoms with van der Waals surface area (Å²) >= 11 is 3.67. The van der Waals surface area contributed by atoms with E-state index in [1.807, 2.05) is 0 Å². The van der Waals surface area contributed by atoms with Gasteiger partial charge in [-0.1, -0.05) is 22.0 Å². The first kappa shape index (κ1) is 14.0. The number of halogens is 1. The summed E-state index contributed by atoms with van der Waals surface area (Å²) in [4.78, 5) is 0. The average Bonchev–Trinajstić information content (AvgIpc) is 2.72. The summed E-state index contributed by atoms with van der Waals surface area (Å²) in [7, 11) is 0. The first-order valence-electron chi connectivity index (χ1n) is 6.56. The topological polar surface area (TPSA) is 35.2 Å². The largest absolute Gasteiger partial charge is 0.378 e. The van der Waals surface area contributed by atoms with E-state index in [1.54, 1.807) is 0 Å². The first-order chi connectivity index (χ1) is 8.43. The van der Waals surface area contributed by atoms with Crippen LogP contribution in [0.4, 0.5) is 0 Å². The van der Waals surface area contributed by atoms with E-state index in [-0.39, 0.29) is 12.1 Å². The standard InChI is InChI=1S/C15H22BrNO/c1-8-7-9(2)14(16)10(3)13(8)15(17)12-5-6-18-11(12)4/h7,11-12,15H,5-6,17H2,1-4H3. The third kappa shape index (κ3) is 2.36. The first-order valence-corrected chi connectivity index (χ1v) is 7.36. The molecule has 100 valence electrons. The Hall–Kier alpha value is -0.380. The van der Waals surface area contributed by atoms with Crippen molar-refractivity contribution in [3.63, 3.8) is 0 Å². The maximum atomic E-state index is 6.51. The second kappa shape index (κ2) is 5.32. The minimum Gasteiger partial charge on any atom is -0.378 e. The van der Waals surface area contributed by atoms with Gasteiger partial charge in [-0.3, -0.25) is 0 Å². The summed E-state index contributed by atoms with van der Waals surface area (Å²) in [5, 5.41) is 0. The molecule has 1 fully saturated rings. The normalized spacial score (nSPS) is 25.4. The zero-order chi connectivity index (χ0) is 13.4. The maximum Gasteiger partial charge on any atom is 0.0594 e. The predicted octanol–water partition coefficient (Wildman–Crippen LogP) is 3.80. The van der Waals surface area contributed by atoms with E-state index in [0.717, 1.165) is 13.0 Å². The third-order valence-electron chi connectivity index (χ3n) is 4.17. The van der Waals surface area contributed by atoms with E-state index in [4.69, 9.17) is 10.5 Å². The van der Waals surface area contributed by atoms with Crippen molar-refractivity contribution in [3.05, 3.63) is 32.8 Å². The molecule has 2 N–H and O–H groups in total. The van der Waals surface area contributed by atoms with Gasteiger partial charge in [0.1, 0.15) is 0 Å². The summed E-state index contributed by atoms with van der Waals surface area (Å²) < 4.78 is 6.84. The lowest BCUT2D eigenvalue weighted by Crippen LogP contribution is -2.28. The van der Waals surface area contributed by atoms with E-state index in [9.17, 15) is 0 Å². The molecule has 1 aliphatic rings. The highest BCUT2D eigenvalue weighted by Gasteiger charge is 2.32. The van der Waals surface area contributed by atoms with Crippen LogP contribution in [0.25, 0.3) is 0 Å². The van der Waals surface area contributed by atoms with Crippen LogP contribution in [0, 0.1) is 26.7 Å². The van der Waals surface area contributed by atoms with E-state index in [2.05, 4.69) is 49.7 Å². The fraction of sp³-hybridized carbons (Fsp3) is 0.600. The quantitative estimate of drug-likeness (QED) is 0.901. The Morgan fingerprint density at radius 1 is 1.33 bits per heavy atom. The molecule has 0 spiro atoms. The monoisotopic (exact) mass is 311 g/mol. The molecular weight excluding hydrogens is 290 g/mol. The highest BCUT2D eigenvalue weighted by Crippen LogP contribution is 2.37. The molecule has 3 atom stereocenters. The lowest BCUT2D eigenvalue weighted by molar-refractivity contribution is 0.0994. The molecule has 0 saturated carbocycles. The number of ether oxygens (including phenoxy) is 1. The number of aryl methyl sites for hydroxylation is 2. The van der Waals surface area contributed by atoms with Crippen molar-refractivity contribution in [2.45, 2.75) is 46.3 Å². The Morgan fingerprint density at radius 2 is 2.00 bits per heavy atom. The van der Waals surface area contributed by atoms with Crippen molar-refractivity contribution in [1.82, 2.24) is 0 Å². The van der Waals surface area contributed by atoms with Crippen LogP contribution in [-0.4, -0.2) is 12.7 Å². The van der Waals surface area contributed by atoms with E-state index in [0.29, 0.717) is 5.92 Å². The summed E-state index contributed by atoms with van der Waals surface area (Å²) in [6.07, 6.45) is 1.33. The van der Waals surface area contributed by atoms with Gasteiger partial charge in [0.2, 0.25) is 0 Å². The zero-order valence-corrected chi connectivity index (χ0v) is 13.2. The highest BCUT2D eigenvalue weighted by atomic mass is 79.9. The van der Waals surface area contributed by atoms with Gasteiger partial charge >= 0.3 is 0 Å². The molecule has 3 heteroatoms. The minimum absolute atomic E-state index is 0.0689. The molecule has 0 aromatic heterocycles. The van der Waals surface area contributed by atoms with Crippen molar-refractivity contribution in [1.29, 1.82) is 0 Å². The summed E-state index contributed by atoms with van der Waals surface area (Å²) in [5.41, 5.74) is 11.6. The average molecular weight is 312 g/mol. The molecule has 0 bridgehead atoms. The molecule has 1 aliphatic heterocycles. The van der Waals surface area contributed by atoms with Crippen molar-refractivity contribution < 1.29 is 4.74 Å². The molecule has 3 unspecified atom stereocenters. The summed E-state index contributed by atoms with van der Waals surface area (Å²) in [5.74, 6) is 0.428. The lowest BCUT2D eigenvalue weighted by Gasteiger charge is -2.26. The van der Waals surface area contributed by atoms with Crippen molar-refractivity contribution >= 4 is 15.9 Å². The van der Waals surface area contributed by atoms with Gasteiger partial charge in [-0.25, -0.2) is 0 Å². The van der Waals surface area contributed by atoms with Gasteiger partial charge in [-0.2, -0.15) is 0 Å². The van der Waals surface area contributed by atoms with Gasteiger partial charge in [-0.05, 0) is 56.4 Å². The fourth-order valence-electron chi connectivity index (χ4n) is 3.12. The van der Waals surface area contributed by atoms with Crippen LogP contribution in [0.3, 0.4) is 0 Å². The smallest absolute Gasteiger partial charge is 0.0594 e. The van der Waals surface area contributed by atoms with Gasteiger partial charge in [0.25, 0.3) is 0 Å². The van der Waals surface area contributed by atoms with Gasteiger partial charge in [-0.15, -0.1) is 0 Å². The number of hydrogen-bond acceptors (Lipinski definition) is 2. The highest BCUT2D eigenvalue weighted by molar-refractivity contribution is 9.10. The summed E-state index contributed by atoms with van der Waals surface area (Å²) in [6, 6.07) is 2.28. The molecule has 1 heterocycles. The Morgan fingerprint density at radius 3 is 2.56 bits per heavy atom. The second-order valence-electron chi connectivity index (χ2n) is 5.42. The SMILES string of the molecule is Cc1cc(C)c(C(N)C2CCOC2C)c(C)c1Br. The van der Waals surface area contributed by atoms with E-state index in [1.165, 1.54) is 26.7 Å². The molecule has 1 saturated heterocycles. The number of benzene rings is 1. The zero-order valence-electron chi connectivity index (χ0n) is 11.6. The predicted molar refractivity (Wildman–Crippen MR) is 78.8 cm³/mol. The number of rotatable bonds is 2. The molecule has 1 aromatic carbocycles. The molecular formula is C15H22BrNO. The van der Waals surface area contributed by atoms with Crippen molar-refractivity contribution in [2.75, 3.05) is 6.61 Å².